The van der Waals surface area contributed by atoms with Crippen molar-refractivity contribution in [3.63, 3.8) is 0 Å². The van der Waals surface area contributed by atoms with E-state index in [1.54, 1.807) is 0 Å². The fourth-order valence-corrected chi connectivity index (χ4v) is 9.79. The maximum atomic E-state index is 6.72. The zero-order valence-corrected chi connectivity index (χ0v) is 31.9. The average molecular weight is 761 g/mol. The van der Waals surface area contributed by atoms with Crippen molar-refractivity contribution in [1.82, 2.24) is 10.3 Å². The Hall–Kier alpha value is -7.41. The van der Waals surface area contributed by atoms with Gasteiger partial charge in [-0.15, -0.1) is 11.3 Å². The third-order valence-electron chi connectivity index (χ3n) is 11.3. The number of benzene rings is 8. The van der Waals surface area contributed by atoms with Gasteiger partial charge in [-0.05, 0) is 41.5 Å². The minimum atomic E-state index is -0.331. The molecule has 8 aromatic carbocycles. The smallest absolute Gasteiger partial charge is 0.159 e. The average Bonchev–Trinajstić information content (AvgIpc) is 3.87. The predicted molar refractivity (Wildman–Crippen MR) is 242 cm³/mol. The highest BCUT2D eigenvalue weighted by Crippen LogP contribution is 2.45. The Morgan fingerprint density at radius 1 is 0.517 bits per heavy atom. The number of fused-ring (bicyclic) bond motifs is 10. The molecule has 0 amide bonds. The van der Waals surface area contributed by atoms with Crippen LogP contribution >= 0.6 is 11.3 Å². The summed E-state index contributed by atoms with van der Waals surface area (Å²) in [6.45, 7) is 0. The van der Waals surface area contributed by atoms with Gasteiger partial charge < -0.3 is 9.73 Å². The first-order chi connectivity index (χ1) is 28.7. The van der Waals surface area contributed by atoms with Gasteiger partial charge in [0.25, 0.3) is 0 Å². The fraction of sp³-hybridized carbons (Fsp3) is 0.0192. The fourth-order valence-electron chi connectivity index (χ4n) is 8.54. The Balaban J connectivity index is 0.980. The zero-order valence-electron chi connectivity index (χ0n) is 31.1. The van der Waals surface area contributed by atoms with E-state index in [4.69, 9.17) is 19.4 Å². The number of nitrogens with zero attached hydrogens (tertiary/aromatic N) is 3. The van der Waals surface area contributed by atoms with E-state index < -0.39 is 0 Å². The monoisotopic (exact) mass is 760 g/mol. The summed E-state index contributed by atoms with van der Waals surface area (Å²) in [7, 11) is 0. The van der Waals surface area contributed by atoms with Crippen molar-refractivity contribution in [2.75, 3.05) is 0 Å². The van der Waals surface area contributed by atoms with Gasteiger partial charge in [0.15, 0.2) is 5.84 Å². The minimum absolute atomic E-state index is 0.331. The summed E-state index contributed by atoms with van der Waals surface area (Å²) in [6, 6.07) is 63.7. The Labute approximate surface area is 337 Å². The predicted octanol–water partition coefficient (Wildman–Crippen LogP) is 13.5. The van der Waals surface area contributed by atoms with Gasteiger partial charge in [-0.3, -0.25) is 0 Å². The Morgan fingerprint density at radius 2 is 1.24 bits per heavy atom. The molecule has 58 heavy (non-hydrogen) atoms. The summed E-state index contributed by atoms with van der Waals surface area (Å²) in [4.78, 5) is 15.3. The number of furan rings is 1. The van der Waals surface area contributed by atoms with Crippen LogP contribution in [0.4, 0.5) is 0 Å². The normalized spacial score (nSPS) is 14.4. The molecule has 1 unspecified atom stereocenters. The highest BCUT2D eigenvalue weighted by atomic mass is 32.1. The van der Waals surface area contributed by atoms with Crippen molar-refractivity contribution in [1.29, 1.82) is 0 Å². The van der Waals surface area contributed by atoms with Crippen molar-refractivity contribution in [2.24, 2.45) is 9.98 Å². The minimum Gasteiger partial charge on any atom is -0.455 e. The summed E-state index contributed by atoms with van der Waals surface area (Å²) in [5, 5.41) is 11.8. The second-order valence-corrected chi connectivity index (χ2v) is 15.8. The van der Waals surface area contributed by atoms with Crippen LogP contribution < -0.4 is 5.32 Å². The third kappa shape index (κ3) is 5.26. The molecular formula is C52H32N4OS. The van der Waals surface area contributed by atoms with E-state index in [0.717, 1.165) is 72.4 Å². The van der Waals surface area contributed by atoms with Crippen molar-refractivity contribution in [2.45, 2.75) is 6.17 Å². The van der Waals surface area contributed by atoms with Crippen molar-refractivity contribution >= 4 is 86.8 Å². The van der Waals surface area contributed by atoms with Gasteiger partial charge in [-0.25, -0.2) is 15.0 Å². The van der Waals surface area contributed by atoms with Crippen molar-refractivity contribution in [3.05, 3.63) is 199 Å². The van der Waals surface area contributed by atoms with Crippen LogP contribution in [0, 0.1) is 0 Å². The van der Waals surface area contributed by atoms with E-state index in [1.165, 1.54) is 36.3 Å². The van der Waals surface area contributed by atoms with Crippen LogP contribution in [-0.4, -0.2) is 16.7 Å². The van der Waals surface area contributed by atoms with Gasteiger partial charge in [0, 0.05) is 69.4 Å². The lowest BCUT2D eigenvalue weighted by Gasteiger charge is -2.23. The summed E-state index contributed by atoms with van der Waals surface area (Å²) in [5.41, 5.74) is 10.1. The molecule has 0 bridgehead atoms. The molecule has 1 N–H and O–H groups in total. The lowest BCUT2D eigenvalue weighted by molar-refractivity contribution is 0.664. The number of amidine groups is 2. The molecule has 12 rings (SSSR count). The van der Waals surface area contributed by atoms with Crippen LogP contribution in [-0.2, 0) is 0 Å². The van der Waals surface area contributed by atoms with E-state index in [9.17, 15) is 0 Å². The molecule has 0 saturated carbocycles. The van der Waals surface area contributed by atoms with E-state index >= 15 is 0 Å². The molecule has 272 valence electrons. The molecule has 1 atom stereocenters. The van der Waals surface area contributed by atoms with Crippen molar-refractivity contribution < 1.29 is 4.42 Å². The molecule has 1 aliphatic rings. The largest absolute Gasteiger partial charge is 0.455 e. The van der Waals surface area contributed by atoms with E-state index in [0.29, 0.717) is 5.84 Å². The Bertz CT molecular complexity index is 3480. The molecule has 0 spiro atoms. The molecule has 6 heteroatoms. The SMILES string of the molecule is c1ccc(C2=NC(c3ccc4oc5c(-c6ccc7sc8c(ccc9c(-c%10ccccc%10)nc%10ccccc%10c98)c7c6)cccc5c4c3)NC(c3ccccc3)=N2)cc1. The van der Waals surface area contributed by atoms with Crippen LogP contribution in [0.3, 0.4) is 0 Å². The van der Waals surface area contributed by atoms with E-state index in [-0.39, 0.29) is 6.17 Å². The first-order valence-corrected chi connectivity index (χ1v) is 20.3. The highest BCUT2D eigenvalue weighted by Gasteiger charge is 2.23. The number of thiophene rings is 1. The number of hydrogen-bond acceptors (Lipinski definition) is 6. The van der Waals surface area contributed by atoms with Crippen molar-refractivity contribution in [3.8, 4) is 22.4 Å². The number of hydrogen-bond donors (Lipinski definition) is 1. The molecule has 0 fully saturated rings. The molecule has 0 saturated heterocycles. The number of nitrogens with one attached hydrogen (secondary N) is 1. The topological polar surface area (TPSA) is 62.8 Å². The first kappa shape index (κ1) is 32.8. The summed E-state index contributed by atoms with van der Waals surface area (Å²) in [6.07, 6.45) is -0.331. The number of pyridine rings is 1. The molecule has 0 aliphatic carbocycles. The number of aliphatic imine (C=N–C) groups is 2. The summed E-state index contributed by atoms with van der Waals surface area (Å²) >= 11 is 1.86. The van der Waals surface area contributed by atoms with Crippen LogP contribution in [0.25, 0.3) is 86.2 Å². The maximum Gasteiger partial charge on any atom is 0.159 e. The quantitative estimate of drug-likeness (QED) is 0.178. The van der Waals surface area contributed by atoms with Gasteiger partial charge in [-0.1, -0.05) is 152 Å². The van der Waals surface area contributed by atoms with Gasteiger partial charge >= 0.3 is 0 Å². The maximum absolute atomic E-state index is 6.72. The molecule has 11 aromatic rings. The first-order valence-electron chi connectivity index (χ1n) is 19.5. The number of rotatable bonds is 5. The van der Waals surface area contributed by atoms with Crippen LogP contribution in [0.1, 0.15) is 22.9 Å². The molecule has 5 nitrogen and oxygen atoms in total. The zero-order chi connectivity index (χ0) is 38.2. The summed E-state index contributed by atoms with van der Waals surface area (Å²) in [5.74, 6) is 1.50. The molecule has 4 heterocycles. The lowest BCUT2D eigenvalue weighted by Crippen LogP contribution is -2.33. The van der Waals surface area contributed by atoms with Gasteiger partial charge in [0.1, 0.15) is 23.2 Å². The molecular weight excluding hydrogens is 729 g/mol. The second kappa shape index (κ2) is 13.1. The molecule has 0 radical (unpaired) electrons. The second-order valence-electron chi connectivity index (χ2n) is 14.8. The Morgan fingerprint density at radius 3 is 2.07 bits per heavy atom. The third-order valence-corrected chi connectivity index (χ3v) is 12.5. The van der Waals surface area contributed by atoms with Gasteiger partial charge in [-0.2, -0.15) is 0 Å². The standard InChI is InChI=1S/C52H32N4OS/c1-4-13-31(14-5-1)47-40-26-25-38-42-29-34(24-28-45(42)58-49(38)46(40)39-19-10-11-22-43(39)53-47)36-20-12-21-37-41-30-35(23-27-44(41)57-48(36)37)52-55-50(32-15-6-2-7-16-32)54-51(56-52)33-17-8-3-9-18-33/h1-30,52H,(H,54,55,56). The number of para-hydroxylation sites is 2. The number of aromatic nitrogens is 1. The van der Waals surface area contributed by atoms with Crippen LogP contribution in [0.2, 0.25) is 0 Å². The van der Waals surface area contributed by atoms with Crippen LogP contribution in [0.5, 0.6) is 0 Å². The highest BCUT2D eigenvalue weighted by molar-refractivity contribution is 7.26. The molecule has 1 aliphatic heterocycles. The lowest BCUT2D eigenvalue weighted by atomic mass is 9.97. The van der Waals surface area contributed by atoms with Gasteiger partial charge in [0.2, 0.25) is 0 Å². The molecule has 3 aromatic heterocycles. The van der Waals surface area contributed by atoms with Crippen LogP contribution in [0.15, 0.2) is 196 Å². The van der Waals surface area contributed by atoms with E-state index in [2.05, 4.69) is 151 Å². The summed E-state index contributed by atoms with van der Waals surface area (Å²) < 4.78 is 9.25. The Kier molecular flexibility index (Phi) is 7.40. The van der Waals surface area contributed by atoms with Gasteiger partial charge in [0.05, 0.1) is 11.2 Å². The van der Waals surface area contributed by atoms with E-state index in [1.807, 2.05) is 47.7 Å².